The summed E-state index contributed by atoms with van der Waals surface area (Å²) in [4.78, 5) is 17.7. The van der Waals surface area contributed by atoms with E-state index in [9.17, 15) is 4.79 Å². The Labute approximate surface area is 96.5 Å². The predicted octanol–water partition coefficient (Wildman–Crippen LogP) is 2.66. The standard InChI is InChI=1S/C13H18N2O/c1-10-5-3-6-11(2)15(10)13-12(9-16)7-4-8-14-13/h4,7-11H,3,5-6H2,1-2H3. The summed E-state index contributed by atoms with van der Waals surface area (Å²) in [6.07, 6.45) is 6.28. The lowest BCUT2D eigenvalue weighted by molar-refractivity contribution is 0.112. The van der Waals surface area contributed by atoms with Crippen molar-refractivity contribution < 1.29 is 4.79 Å². The third-order valence-electron chi connectivity index (χ3n) is 3.38. The van der Waals surface area contributed by atoms with Crippen LogP contribution in [0, 0.1) is 0 Å². The van der Waals surface area contributed by atoms with Gasteiger partial charge in [0, 0.05) is 18.3 Å². The lowest BCUT2D eigenvalue weighted by atomic mass is 9.97. The molecule has 2 heterocycles. The highest BCUT2D eigenvalue weighted by molar-refractivity contribution is 5.82. The number of pyridine rings is 1. The second-order valence-corrected chi connectivity index (χ2v) is 4.57. The SMILES string of the molecule is CC1CCCC(C)N1c1ncccc1C=O. The van der Waals surface area contributed by atoms with Gasteiger partial charge in [-0.05, 0) is 45.2 Å². The molecule has 16 heavy (non-hydrogen) atoms. The van der Waals surface area contributed by atoms with E-state index in [-0.39, 0.29) is 0 Å². The van der Waals surface area contributed by atoms with E-state index in [1.807, 2.05) is 12.1 Å². The largest absolute Gasteiger partial charge is 0.351 e. The maximum atomic E-state index is 11.0. The average molecular weight is 218 g/mol. The Morgan fingerprint density at radius 1 is 1.38 bits per heavy atom. The molecule has 1 saturated heterocycles. The first-order valence-electron chi connectivity index (χ1n) is 5.92. The van der Waals surface area contributed by atoms with Crippen molar-refractivity contribution in [2.45, 2.75) is 45.2 Å². The first kappa shape index (κ1) is 11.1. The van der Waals surface area contributed by atoms with E-state index in [1.165, 1.54) is 19.3 Å². The van der Waals surface area contributed by atoms with Gasteiger partial charge in [-0.1, -0.05) is 0 Å². The van der Waals surface area contributed by atoms with Crippen molar-refractivity contribution in [1.82, 2.24) is 4.98 Å². The summed E-state index contributed by atoms with van der Waals surface area (Å²) in [5, 5.41) is 0. The van der Waals surface area contributed by atoms with Crippen molar-refractivity contribution >= 4 is 12.1 Å². The summed E-state index contributed by atoms with van der Waals surface area (Å²) in [5.41, 5.74) is 0.697. The van der Waals surface area contributed by atoms with Gasteiger partial charge in [-0.15, -0.1) is 0 Å². The predicted molar refractivity (Wildman–Crippen MR) is 64.9 cm³/mol. The van der Waals surface area contributed by atoms with Crippen LogP contribution in [-0.2, 0) is 0 Å². The number of rotatable bonds is 2. The molecule has 1 fully saturated rings. The summed E-state index contributed by atoms with van der Waals surface area (Å²) < 4.78 is 0. The van der Waals surface area contributed by atoms with Crippen LogP contribution in [0.4, 0.5) is 5.82 Å². The number of anilines is 1. The highest BCUT2D eigenvalue weighted by Gasteiger charge is 2.27. The minimum absolute atomic E-state index is 0.470. The fourth-order valence-corrected chi connectivity index (χ4v) is 2.56. The number of aromatic nitrogens is 1. The van der Waals surface area contributed by atoms with E-state index >= 15 is 0 Å². The van der Waals surface area contributed by atoms with Crippen molar-refractivity contribution in [3.05, 3.63) is 23.9 Å². The topological polar surface area (TPSA) is 33.2 Å². The van der Waals surface area contributed by atoms with Gasteiger partial charge in [-0.25, -0.2) is 4.98 Å². The zero-order valence-corrected chi connectivity index (χ0v) is 9.89. The summed E-state index contributed by atoms with van der Waals surface area (Å²) >= 11 is 0. The molecule has 2 rings (SSSR count). The number of nitrogens with zero attached hydrogens (tertiary/aromatic N) is 2. The Morgan fingerprint density at radius 2 is 2.06 bits per heavy atom. The monoisotopic (exact) mass is 218 g/mol. The Balaban J connectivity index is 2.37. The smallest absolute Gasteiger partial charge is 0.153 e. The molecule has 0 bridgehead atoms. The van der Waals surface area contributed by atoms with Gasteiger partial charge < -0.3 is 4.90 Å². The average Bonchev–Trinajstić information content (AvgIpc) is 2.29. The van der Waals surface area contributed by atoms with Crippen LogP contribution in [0.5, 0.6) is 0 Å². The summed E-state index contributed by atoms with van der Waals surface area (Å²) in [5.74, 6) is 0.845. The Hall–Kier alpha value is -1.38. The van der Waals surface area contributed by atoms with Crippen molar-refractivity contribution in [2.24, 2.45) is 0 Å². The van der Waals surface area contributed by atoms with E-state index in [2.05, 4.69) is 23.7 Å². The number of carbonyl (C=O) groups is 1. The lowest BCUT2D eigenvalue weighted by Crippen LogP contribution is -2.44. The third-order valence-corrected chi connectivity index (χ3v) is 3.38. The fourth-order valence-electron chi connectivity index (χ4n) is 2.56. The Kier molecular flexibility index (Phi) is 3.22. The molecule has 0 N–H and O–H groups in total. The molecule has 0 spiro atoms. The van der Waals surface area contributed by atoms with Gasteiger partial charge in [0.25, 0.3) is 0 Å². The molecular formula is C13H18N2O. The molecule has 1 aliphatic rings. The van der Waals surface area contributed by atoms with Gasteiger partial charge in [-0.3, -0.25) is 4.79 Å². The molecule has 0 saturated carbocycles. The van der Waals surface area contributed by atoms with Gasteiger partial charge >= 0.3 is 0 Å². The second kappa shape index (κ2) is 4.64. The minimum atomic E-state index is 0.470. The van der Waals surface area contributed by atoms with Crippen LogP contribution >= 0.6 is 0 Å². The number of piperidine rings is 1. The van der Waals surface area contributed by atoms with Crippen LogP contribution in [-0.4, -0.2) is 23.4 Å². The van der Waals surface area contributed by atoms with E-state index in [4.69, 9.17) is 0 Å². The minimum Gasteiger partial charge on any atom is -0.351 e. The maximum absolute atomic E-state index is 11.0. The molecular weight excluding hydrogens is 200 g/mol. The van der Waals surface area contributed by atoms with E-state index in [1.54, 1.807) is 6.20 Å². The lowest BCUT2D eigenvalue weighted by Gasteiger charge is -2.40. The zero-order valence-electron chi connectivity index (χ0n) is 9.89. The number of carbonyl (C=O) groups excluding carboxylic acids is 1. The highest BCUT2D eigenvalue weighted by atomic mass is 16.1. The number of hydrogen-bond acceptors (Lipinski definition) is 3. The van der Waals surface area contributed by atoms with Crippen molar-refractivity contribution in [3.8, 4) is 0 Å². The summed E-state index contributed by atoms with van der Waals surface area (Å²) in [6, 6.07) is 4.59. The first-order valence-corrected chi connectivity index (χ1v) is 5.92. The molecule has 0 radical (unpaired) electrons. The molecule has 0 aliphatic carbocycles. The van der Waals surface area contributed by atoms with E-state index < -0.39 is 0 Å². The Morgan fingerprint density at radius 3 is 2.69 bits per heavy atom. The van der Waals surface area contributed by atoms with Crippen LogP contribution in [0.25, 0.3) is 0 Å². The molecule has 3 nitrogen and oxygen atoms in total. The molecule has 1 aliphatic heterocycles. The van der Waals surface area contributed by atoms with Crippen LogP contribution < -0.4 is 4.90 Å². The van der Waals surface area contributed by atoms with Crippen LogP contribution in [0.2, 0.25) is 0 Å². The van der Waals surface area contributed by atoms with Gasteiger partial charge in [0.15, 0.2) is 6.29 Å². The van der Waals surface area contributed by atoms with Gasteiger partial charge in [0.2, 0.25) is 0 Å². The first-order chi connectivity index (χ1) is 7.74. The second-order valence-electron chi connectivity index (χ2n) is 4.57. The zero-order chi connectivity index (χ0) is 11.5. The van der Waals surface area contributed by atoms with E-state index in [0.717, 1.165) is 12.1 Å². The number of hydrogen-bond donors (Lipinski definition) is 0. The molecule has 0 aromatic carbocycles. The molecule has 1 aromatic rings. The van der Waals surface area contributed by atoms with Gasteiger partial charge in [-0.2, -0.15) is 0 Å². The molecule has 86 valence electrons. The normalized spacial score (nSPS) is 25.5. The third kappa shape index (κ3) is 1.94. The van der Waals surface area contributed by atoms with E-state index in [0.29, 0.717) is 17.6 Å². The van der Waals surface area contributed by atoms with Gasteiger partial charge in [0.05, 0.1) is 5.56 Å². The molecule has 3 heteroatoms. The van der Waals surface area contributed by atoms with Crippen LogP contribution in [0.1, 0.15) is 43.5 Å². The quantitative estimate of drug-likeness (QED) is 0.715. The molecule has 1 aromatic heterocycles. The number of aldehydes is 1. The molecule has 0 amide bonds. The van der Waals surface area contributed by atoms with Crippen LogP contribution in [0.3, 0.4) is 0 Å². The van der Waals surface area contributed by atoms with Crippen LogP contribution in [0.15, 0.2) is 18.3 Å². The summed E-state index contributed by atoms with van der Waals surface area (Å²) in [7, 11) is 0. The van der Waals surface area contributed by atoms with Crippen molar-refractivity contribution in [1.29, 1.82) is 0 Å². The molecule has 2 unspecified atom stereocenters. The fraction of sp³-hybridized carbons (Fsp3) is 0.538. The highest BCUT2D eigenvalue weighted by Crippen LogP contribution is 2.29. The molecule has 2 atom stereocenters. The summed E-state index contributed by atoms with van der Waals surface area (Å²) in [6.45, 7) is 4.41. The Bertz CT molecular complexity index is 368. The van der Waals surface area contributed by atoms with Gasteiger partial charge in [0.1, 0.15) is 5.82 Å². The van der Waals surface area contributed by atoms with Crippen molar-refractivity contribution in [2.75, 3.05) is 4.90 Å². The maximum Gasteiger partial charge on any atom is 0.153 e. The van der Waals surface area contributed by atoms with Crippen molar-refractivity contribution in [3.63, 3.8) is 0 Å².